The maximum Gasteiger partial charge on any atom is 0.410 e. The third-order valence-corrected chi connectivity index (χ3v) is 35.3. The Morgan fingerprint density at radius 1 is 0.384 bits per heavy atom. The average Bonchev–Trinajstić information content (AvgIpc) is 0.778. The number of hydrogen-bond acceptors (Lipinski definition) is 29. The van der Waals surface area contributed by atoms with Crippen LogP contribution in [-0.4, -0.2) is 209 Å². The van der Waals surface area contributed by atoms with Gasteiger partial charge in [-0.15, -0.1) is 0 Å². The van der Waals surface area contributed by atoms with Gasteiger partial charge in [-0.25, -0.2) is 4.79 Å². The summed E-state index contributed by atoms with van der Waals surface area (Å²) in [6.45, 7) is 23.8. The SMILES string of the molecule is CC(C)(C)OC(=O)N1CC(Nc2ccc3c(c2)Sc2cccc(-c4cc(N5CCOCC5)cc(=O)[nH]4)c2S3)C1.Nc1ccc2c(c1)Sc1cccc(-c3cc(N4CCOCC4)cc(=O)[nH]3)c1S2.O=c1cc(N2CCOCC2)cc(-c2cccc3c2Sc2ccc(NC4CN(Cc5cccnc5)C4)cc2S3)[nH]1.O=c1cc(N2CCOCC2)cc(-c2cccc3c2Sc2ccc(NC4CNC4)cc2S3)[nH]1. The molecular formula is C104H104N16O10S8. The molecule has 5 aromatic heterocycles. The molecule has 34 heteroatoms. The smallest absolute Gasteiger partial charge is 0.410 e. The highest BCUT2D eigenvalue weighted by Gasteiger charge is 2.36. The fourth-order valence-electron chi connectivity index (χ4n) is 17.9. The minimum Gasteiger partial charge on any atom is -0.444 e. The Bertz CT molecular complexity index is 6970. The lowest BCUT2D eigenvalue weighted by Crippen LogP contribution is -2.57. The quantitative estimate of drug-likeness (QED) is 0.0406. The number of aromatic nitrogens is 5. The predicted octanol–water partition coefficient (Wildman–Crippen LogP) is 18.7. The number of morpholine rings is 4. The molecule has 0 unspecified atom stereocenters. The monoisotopic (exact) mass is 1990 g/mol. The molecule has 13 aromatic rings. The molecule has 138 heavy (non-hydrogen) atoms. The zero-order valence-corrected chi connectivity index (χ0v) is 82.9. The van der Waals surface area contributed by atoms with Crippen molar-refractivity contribution in [2.45, 2.75) is 129 Å². The van der Waals surface area contributed by atoms with Crippen molar-refractivity contribution in [3.63, 3.8) is 0 Å². The summed E-state index contributed by atoms with van der Waals surface area (Å²) >= 11 is 14.1. The van der Waals surface area contributed by atoms with Crippen LogP contribution in [0.15, 0.2) is 316 Å². The molecule has 0 bridgehead atoms. The van der Waals surface area contributed by atoms with Gasteiger partial charge in [0, 0.05) is 281 Å². The number of aromatic amines is 4. The summed E-state index contributed by atoms with van der Waals surface area (Å²) in [5, 5.41) is 14.2. The van der Waals surface area contributed by atoms with E-state index in [0.717, 1.165) is 175 Å². The third kappa shape index (κ3) is 21.9. The summed E-state index contributed by atoms with van der Waals surface area (Å²) in [7, 11) is 0. The molecule has 7 saturated heterocycles. The molecule has 24 rings (SSSR count). The summed E-state index contributed by atoms with van der Waals surface area (Å²) in [4.78, 5) is 111. The number of nitrogens with one attached hydrogen (secondary N) is 8. The Hall–Kier alpha value is -11.1. The Balaban J connectivity index is 0.000000111. The van der Waals surface area contributed by atoms with Crippen molar-refractivity contribution in [3.8, 4) is 45.0 Å². The van der Waals surface area contributed by atoms with E-state index in [0.29, 0.717) is 78.0 Å². The first-order chi connectivity index (χ1) is 67.3. The zero-order chi connectivity index (χ0) is 93.9. The van der Waals surface area contributed by atoms with Gasteiger partial charge < -0.3 is 95.1 Å². The number of hydrogen-bond donors (Lipinski definition) is 9. The van der Waals surface area contributed by atoms with E-state index in [9.17, 15) is 24.0 Å². The summed E-state index contributed by atoms with van der Waals surface area (Å²) in [5.41, 5.74) is 21.9. The Morgan fingerprint density at radius 2 is 0.717 bits per heavy atom. The van der Waals surface area contributed by atoms with Crippen LogP contribution in [-0.2, 0) is 30.2 Å². The van der Waals surface area contributed by atoms with Crippen LogP contribution >= 0.6 is 94.1 Å². The van der Waals surface area contributed by atoms with Gasteiger partial charge >= 0.3 is 6.09 Å². The van der Waals surface area contributed by atoms with E-state index < -0.39 is 5.60 Å². The van der Waals surface area contributed by atoms with E-state index in [1.807, 2.05) is 63.5 Å². The number of nitrogen functional groups attached to an aromatic ring is 1. The number of ether oxygens (including phenoxy) is 5. The van der Waals surface area contributed by atoms with Gasteiger partial charge in [0.2, 0.25) is 22.2 Å². The lowest BCUT2D eigenvalue weighted by atomic mass is 10.1. The van der Waals surface area contributed by atoms with Gasteiger partial charge in [-0.1, -0.05) is 149 Å². The van der Waals surface area contributed by atoms with Crippen molar-refractivity contribution in [1.29, 1.82) is 0 Å². The van der Waals surface area contributed by atoms with Crippen molar-refractivity contribution < 1.29 is 28.5 Å². The molecule has 16 heterocycles. The van der Waals surface area contributed by atoms with E-state index in [2.05, 4.69) is 222 Å². The Kier molecular flexibility index (Phi) is 28.2. The lowest BCUT2D eigenvalue weighted by molar-refractivity contribution is 0.0105. The first kappa shape index (κ1) is 93.2. The highest BCUT2D eigenvalue weighted by Crippen LogP contribution is 2.57. The number of likely N-dealkylation sites (tertiary alicyclic amines) is 2. The van der Waals surface area contributed by atoms with Crippen LogP contribution in [0.3, 0.4) is 0 Å². The van der Waals surface area contributed by atoms with E-state index in [1.54, 1.807) is 123 Å². The summed E-state index contributed by atoms with van der Waals surface area (Å²) in [5.74, 6) is 0. The molecule has 0 radical (unpaired) electrons. The fourth-order valence-corrected chi connectivity index (χ4v) is 27.6. The predicted molar refractivity (Wildman–Crippen MR) is 558 cm³/mol. The minimum absolute atomic E-state index is 0.0725. The lowest BCUT2D eigenvalue weighted by Gasteiger charge is -2.40. The van der Waals surface area contributed by atoms with Gasteiger partial charge in [0.1, 0.15) is 5.60 Å². The van der Waals surface area contributed by atoms with Crippen molar-refractivity contribution in [3.05, 3.63) is 266 Å². The number of nitrogens with zero attached hydrogens (tertiary/aromatic N) is 7. The zero-order valence-electron chi connectivity index (χ0n) is 76.3. The van der Waals surface area contributed by atoms with Crippen molar-refractivity contribution in [1.82, 2.24) is 40.0 Å². The van der Waals surface area contributed by atoms with E-state index in [4.69, 9.17) is 29.4 Å². The Morgan fingerprint density at radius 3 is 1.04 bits per heavy atom. The summed E-state index contributed by atoms with van der Waals surface area (Å²) in [6.07, 6.45) is 3.50. The third-order valence-electron chi connectivity index (χ3n) is 24.9. The fraction of sp³-hybridized carbons (Fsp3) is 0.288. The molecule has 7 fully saturated rings. The molecule has 708 valence electrons. The molecule has 0 aliphatic carbocycles. The standard InChI is InChI=1S/C30H29N5O2S2.C29H32N4O4S2.C24H24N4O2S2.C21H19N3O2S2/c36-29-15-23(35-9-11-37-12-10-35)14-25(33-29)24-4-1-5-27-30(24)39-26-7-6-21(13-28(26)38-27)32-22-18-34(19-22)17-20-3-2-8-31-16-20;1-29(2,3)37-28(35)33-16-19(17-33)30-18-7-8-23-25(13-18)38-24-6-4-5-21(27(24)39-23)22-14-20(15-26(34)31-22)32-9-11-36-12-10-32;29-23-12-17(28-6-8-30-9-7-28)11-19(27-23)18-2-1-3-21-24(18)32-20-5-4-15(10-22(20)31-21)26-16-13-25-14-16;22-13-4-5-17-19(10-13)27-18-3-1-2-15(21(18)28-17)16-11-14(12-20(25)23-16)24-6-8-26-9-7-24/h1-8,13-16,22,32H,9-12,17-19H2,(H,33,36);4-8,13-15,19,30H,9-12,16-17H2,1-3H3,(H,31,34);1-5,10-12,16,25-26H,6-9,13-14H2,(H,27,29);1-5,10-12H,6-9,22H2,(H,23,25). The number of carbonyl (C=O) groups is 1. The largest absolute Gasteiger partial charge is 0.444 e. The molecule has 0 spiro atoms. The van der Waals surface area contributed by atoms with Gasteiger partial charge in [0.15, 0.2) is 0 Å². The summed E-state index contributed by atoms with van der Waals surface area (Å²) < 4.78 is 27.4. The van der Waals surface area contributed by atoms with Gasteiger partial charge in [-0.05, 0) is 154 Å². The van der Waals surface area contributed by atoms with Gasteiger partial charge in [-0.3, -0.25) is 29.1 Å². The van der Waals surface area contributed by atoms with Crippen LogP contribution in [0.4, 0.5) is 50.3 Å². The topological polar surface area (TPSA) is 301 Å². The maximum atomic E-state index is 12.6. The maximum absolute atomic E-state index is 12.6. The number of anilines is 8. The number of pyridine rings is 5. The normalized spacial score (nSPS) is 17.1. The van der Waals surface area contributed by atoms with Crippen LogP contribution in [0.25, 0.3) is 45.0 Å². The van der Waals surface area contributed by atoms with Crippen LogP contribution in [0.2, 0.25) is 0 Å². The van der Waals surface area contributed by atoms with E-state index in [-0.39, 0.29) is 34.4 Å². The second-order valence-corrected chi connectivity index (χ2v) is 44.6. The number of fused-ring (bicyclic) bond motifs is 8. The number of carbonyl (C=O) groups excluding carboxylic acids is 1. The van der Waals surface area contributed by atoms with Crippen LogP contribution < -0.4 is 68.8 Å². The number of amides is 1. The molecule has 1 amide bonds. The second kappa shape index (κ2) is 41.8. The molecule has 11 aliphatic rings. The highest BCUT2D eigenvalue weighted by atomic mass is 32.2. The average molecular weight is 1990 g/mol. The van der Waals surface area contributed by atoms with E-state index in [1.165, 1.54) is 84.7 Å². The van der Waals surface area contributed by atoms with Crippen LogP contribution in [0.5, 0.6) is 0 Å². The van der Waals surface area contributed by atoms with Crippen molar-refractivity contribution in [2.24, 2.45) is 0 Å². The molecule has 0 atom stereocenters. The van der Waals surface area contributed by atoms with Gasteiger partial charge in [-0.2, -0.15) is 0 Å². The minimum atomic E-state index is -0.486. The van der Waals surface area contributed by atoms with Gasteiger partial charge in [0.05, 0.1) is 93.8 Å². The first-order valence-corrected chi connectivity index (χ1v) is 53.0. The Labute approximate surface area is 833 Å². The number of rotatable bonds is 16. The van der Waals surface area contributed by atoms with Crippen LogP contribution in [0.1, 0.15) is 26.3 Å². The second-order valence-electron chi connectivity index (χ2n) is 36.0. The van der Waals surface area contributed by atoms with E-state index >= 15 is 0 Å². The number of nitrogens with two attached hydrogens (primary N) is 1. The number of H-pyrrole nitrogens is 4. The number of benzene rings is 8. The molecule has 11 aliphatic heterocycles. The molecule has 26 nitrogen and oxygen atoms in total. The van der Waals surface area contributed by atoms with Gasteiger partial charge in [0.25, 0.3) is 0 Å². The molecule has 10 N–H and O–H groups in total. The van der Waals surface area contributed by atoms with Crippen molar-refractivity contribution in [2.75, 3.05) is 186 Å². The first-order valence-electron chi connectivity index (χ1n) is 46.5. The van der Waals surface area contributed by atoms with Crippen molar-refractivity contribution >= 4 is 146 Å². The highest BCUT2D eigenvalue weighted by molar-refractivity contribution is 8.06. The van der Waals surface area contributed by atoms with Crippen LogP contribution in [0, 0.1) is 0 Å². The summed E-state index contributed by atoms with van der Waals surface area (Å²) in [6, 6.07) is 71.3. The molecular weight excluding hydrogens is 1890 g/mol. The molecule has 0 saturated carbocycles. The molecule has 8 aromatic carbocycles.